The minimum Gasteiger partial charge on any atom is -0.426 e. The Kier molecular flexibility index (Phi) is 4.05. The third-order valence-electron chi connectivity index (χ3n) is 3.14. The van der Waals surface area contributed by atoms with Crippen LogP contribution in [0, 0.1) is 0 Å². The fourth-order valence-corrected chi connectivity index (χ4v) is 2.04. The third kappa shape index (κ3) is 3.37. The van der Waals surface area contributed by atoms with E-state index in [9.17, 15) is 9.59 Å². The van der Waals surface area contributed by atoms with Crippen molar-refractivity contribution in [3.05, 3.63) is 59.0 Å². The standard InChI is InChI=1S/C17H14N2O4/c1-2-15(20)22-12-7-5-6-11(10-12)18-17-19-14-9-4-3-8-13(14)16(21)23-17/h3-10H,2H2,1H3,(H,18,19). The summed E-state index contributed by atoms with van der Waals surface area (Å²) < 4.78 is 10.3. The quantitative estimate of drug-likeness (QED) is 0.588. The van der Waals surface area contributed by atoms with E-state index in [1.807, 2.05) is 0 Å². The Hall–Kier alpha value is -3.15. The first-order chi connectivity index (χ1) is 11.2. The highest BCUT2D eigenvalue weighted by Crippen LogP contribution is 2.21. The predicted octanol–water partition coefficient (Wildman–Crippen LogP) is 3.25. The smallest absolute Gasteiger partial charge is 0.348 e. The average molecular weight is 310 g/mol. The zero-order valence-corrected chi connectivity index (χ0v) is 12.4. The van der Waals surface area contributed by atoms with Gasteiger partial charge < -0.3 is 14.5 Å². The number of carbonyl (C=O) groups excluding carboxylic acids is 1. The molecule has 1 aromatic heterocycles. The summed E-state index contributed by atoms with van der Waals surface area (Å²) in [5.41, 5.74) is 0.670. The second-order valence-electron chi connectivity index (χ2n) is 4.80. The monoisotopic (exact) mass is 310 g/mol. The normalized spacial score (nSPS) is 10.5. The summed E-state index contributed by atoms with van der Waals surface area (Å²) in [6.45, 7) is 1.72. The maximum absolute atomic E-state index is 11.9. The van der Waals surface area contributed by atoms with Crippen LogP contribution in [0.25, 0.3) is 10.9 Å². The lowest BCUT2D eigenvalue weighted by molar-refractivity contribution is -0.134. The van der Waals surface area contributed by atoms with Gasteiger partial charge >= 0.3 is 17.6 Å². The van der Waals surface area contributed by atoms with Gasteiger partial charge in [-0.3, -0.25) is 4.79 Å². The van der Waals surface area contributed by atoms with Crippen LogP contribution in [0.1, 0.15) is 13.3 Å². The number of ether oxygens (including phenoxy) is 1. The molecule has 0 saturated carbocycles. The Labute approximate surface area is 131 Å². The van der Waals surface area contributed by atoms with Gasteiger partial charge in [0.1, 0.15) is 5.75 Å². The molecule has 0 aliphatic heterocycles. The van der Waals surface area contributed by atoms with Gasteiger partial charge in [0, 0.05) is 18.2 Å². The minimum atomic E-state index is -0.466. The molecule has 0 radical (unpaired) electrons. The number of nitrogens with zero attached hydrogens (tertiary/aromatic N) is 1. The number of benzene rings is 2. The van der Waals surface area contributed by atoms with Crippen LogP contribution in [0.2, 0.25) is 0 Å². The van der Waals surface area contributed by atoms with Crippen molar-refractivity contribution in [3.63, 3.8) is 0 Å². The number of rotatable bonds is 4. The Morgan fingerprint density at radius 3 is 2.87 bits per heavy atom. The van der Waals surface area contributed by atoms with Gasteiger partial charge in [-0.05, 0) is 24.3 Å². The van der Waals surface area contributed by atoms with Crippen LogP contribution in [-0.2, 0) is 4.79 Å². The highest BCUT2D eigenvalue weighted by Gasteiger charge is 2.07. The van der Waals surface area contributed by atoms with Gasteiger partial charge in [-0.1, -0.05) is 25.1 Å². The number of carbonyl (C=O) groups is 1. The molecule has 6 heteroatoms. The lowest BCUT2D eigenvalue weighted by atomic mass is 10.2. The van der Waals surface area contributed by atoms with E-state index in [1.165, 1.54) is 0 Å². The van der Waals surface area contributed by atoms with Crippen molar-refractivity contribution < 1.29 is 13.9 Å². The number of esters is 1. The molecule has 116 valence electrons. The van der Waals surface area contributed by atoms with E-state index in [0.717, 1.165) is 0 Å². The zero-order chi connectivity index (χ0) is 16.2. The Bertz CT molecular complexity index is 918. The number of aromatic nitrogens is 1. The number of hydrogen-bond acceptors (Lipinski definition) is 6. The van der Waals surface area contributed by atoms with Gasteiger partial charge in [0.25, 0.3) is 0 Å². The fraction of sp³-hybridized carbons (Fsp3) is 0.118. The van der Waals surface area contributed by atoms with Crippen LogP contribution in [-0.4, -0.2) is 11.0 Å². The van der Waals surface area contributed by atoms with Crippen molar-refractivity contribution in [2.45, 2.75) is 13.3 Å². The first-order valence-corrected chi connectivity index (χ1v) is 7.13. The average Bonchev–Trinajstić information content (AvgIpc) is 2.55. The molecule has 0 fully saturated rings. The summed E-state index contributed by atoms with van der Waals surface area (Å²) in [6, 6.07) is 13.8. The Morgan fingerprint density at radius 2 is 2.04 bits per heavy atom. The topological polar surface area (TPSA) is 81.4 Å². The van der Waals surface area contributed by atoms with Crippen LogP contribution in [0.4, 0.5) is 11.7 Å². The van der Waals surface area contributed by atoms with Crippen molar-refractivity contribution in [1.82, 2.24) is 4.98 Å². The SMILES string of the molecule is CCC(=O)Oc1cccc(Nc2nc3ccccc3c(=O)o2)c1. The summed E-state index contributed by atoms with van der Waals surface area (Å²) in [6.07, 6.45) is 0.290. The molecule has 0 atom stereocenters. The van der Waals surface area contributed by atoms with Crippen molar-refractivity contribution in [1.29, 1.82) is 0 Å². The summed E-state index contributed by atoms with van der Waals surface area (Å²) >= 11 is 0. The molecule has 0 aliphatic rings. The predicted molar refractivity (Wildman–Crippen MR) is 85.9 cm³/mol. The van der Waals surface area contributed by atoms with E-state index in [0.29, 0.717) is 28.8 Å². The molecular formula is C17H14N2O4. The second-order valence-corrected chi connectivity index (χ2v) is 4.80. The number of hydrogen-bond donors (Lipinski definition) is 1. The van der Waals surface area contributed by atoms with Crippen molar-refractivity contribution in [3.8, 4) is 5.75 Å². The molecule has 0 saturated heterocycles. The third-order valence-corrected chi connectivity index (χ3v) is 3.14. The molecule has 0 amide bonds. The molecule has 1 heterocycles. The molecule has 23 heavy (non-hydrogen) atoms. The molecule has 3 aromatic rings. The van der Waals surface area contributed by atoms with Gasteiger partial charge in [-0.2, -0.15) is 4.98 Å². The van der Waals surface area contributed by atoms with Crippen molar-refractivity contribution in [2.24, 2.45) is 0 Å². The molecule has 0 spiro atoms. The highest BCUT2D eigenvalue weighted by atomic mass is 16.5. The van der Waals surface area contributed by atoms with E-state index in [1.54, 1.807) is 55.5 Å². The summed E-state index contributed by atoms with van der Waals surface area (Å²) in [5, 5.41) is 3.32. The van der Waals surface area contributed by atoms with Gasteiger partial charge in [-0.25, -0.2) is 4.79 Å². The first kappa shape index (κ1) is 14.8. The summed E-state index contributed by atoms with van der Waals surface area (Å²) in [4.78, 5) is 27.5. The van der Waals surface area contributed by atoms with E-state index in [4.69, 9.17) is 9.15 Å². The molecule has 0 aliphatic carbocycles. The van der Waals surface area contributed by atoms with Gasteiger partial charge in [0.05, 0.1) is 10.9 Å². The van der Waals surface area contributed by atoms with E-state index < -0.39 is 5.63 Å². The lowest BCUT2D eigenvalue weighted by Crippen LogP contribution is -2.06. The van der Waals surface area contributed by atoms with E-state index in [2.05, 4.69) is 10.3 Å². The van der Waals surface area contributed by atoms with E-state index in [-0.39, 0.29) is 12.0 Å². The van der Waals surface area contributed by atoms with Crippen LogP contribution in [0.15, 0.2) is 57.7 Å². The van der Waals surface area contributed by atoms with Crippen LogP contribution in [0.5, 0.6) is 5.75 Å². The van der Waals surface area contributed by atoms with Gasteiger partial charge in [0.2, 0.25) is 0 Å². The highest BCUT2D eigenvalue weighted by molar-refractivity contribution is 5.78. The number of nitrogens with one attached hydrogen (secondary N) is 1. The summed E-state index contributed by atoms with van der Waals surface area (Å²) in [7, 11) is 0. The van der Waals surface area contributed by atoms with E-state index >= 15 is 0 Å². The molecule has 3 rings (SSSR count). The van der Waals surface area contributed by atoms with Gasteiger partial charge in [-0.15, -0.1) is 0 Å². The maximum Gasteiger partial charge on any atom is 0.348 e. The van der Waals surface area contributed by atoms with Crippen molar-refractivity contribution >= 4 is 28.6 Å². The molecule has 0 unspecified atom stereocenters. The van der Waals surface area contributed by atoms with Crippen LogP contribution in [0.3, 0.4) is 0 Å². The lowest BCUT2D eigenvalue weighted by Gasteiger charge is -2.07. The first-order valence-electron chi connectivity index (χ1n) is 7.13. The molecule has 0 bridgehead atoms. The fourth-order valence-electron chi connectivity index (χ4n) is 2.04. The van der Waals surface area contributed by atoms with Crippen LogP contribution < -0.4 is 15.7 Å². The van der Waals surface area contributed by atoms with Crippen molar-refractivity contribution in [2.75, 3.05) is 5.32 Å². The zero-order valence-electron chi connectivity index (χ0n) is 12.4. The summed E-state index contributed by atoms with van der Waals surface area (Å²) in [5.74, 6) is 0.0856. The largest absolute Gasteiger partial charge is 0.426 e. The Morgan fingerprint density at radius 1 is 1.22 bits per heavy atom. The molecular weight excluding hydrogens is 296 g/mol. The molecule has 2 aromatic carbocycles. The van der Waals surface area contributed by atoms with Gasteiger partial charge in [0.15, 0.2) is 0 Å². The number of fused-ring (bicyclic) bond motifs is 1. The molecule has 1 N–H and O–H groups in total. The maximum atomic E-state index is 11.9. The number of anilines is 2. The van der Waals surface area contributed by atoms with Crippen LogP contribution >= 0.6 is 0 Å². The second kappa shape index (κ2) is 6.31. The number of para-hydroxylation sites is 1. The molecule has 6 nitrogen and oxygen atoms in total. The minimum absolute atomic E-state index is 0.0765. The Balaban J connectivity index is 1.89.